The lowest BCUT2D eigenvalue weighted by Gasteiger charge is -2.22. The van der Waals surface area contributed by atoms with Gasteiger partial charge in [0, 0.05) is 24.1 Å². The summed E-state index contributed by atoms with van der Waals surface area (Å²) in [5.74, 6) is -7.22. The molecule has 0 aromatic heterocycles. The molecule has 0 saturated heterocycles. The van der Waals surface area contributed by atoms with Gasteiger partial charge in [-0.3, -0.25) is 19.7 Å². The van der Waals surface area contributed by atoms with Gasteiger partial charge in [-0.05, 0) is 47.7 Å². The van der Waals surface area contributed by atoms with Gasteiger partial charge in [-0.15, -0.1) is 0 Å². The molecule has 3 aromatic rings. The Bertz CT molecular complexity index is 1530. The smallest absolute Gasteiger partial charge is 0.408 e. The van der Waals surface area contributed by atoms with Crippen molar-refractivity contribution in [3.63, 3.8) is 0 Å². The minimum Gasteiger partial charge on any atom is -0.480 e. The molecule has 0 bridgehead atoms. The molecule has 0 saturated carbocycles. The fourth-order valence-corrected chi connectivity index (χ4v) is 4.13. The number of alkyl carbamates (subject to hydrolysis) is 1. The van der Waals surface area contributed by atoms with E-state index in [1.165, 1.54) is 24.3 Å². The Morgan fingerprint density at radius 3 is 1.94 bits per heavy atom. The molecule has 3 rings (SSSR count). The van der Waals surface area contributed by atoms with Gasteiger partial charge >= 0.3 is 18.0 Å². The molecule has 1 unspecified atom stereocenters. The van der Waals surface area contributed by atoms with Crippen molar-refractivity contribution in [2.75, 3.05) is 0 Å². The zero-order valence-electron chi connectivity index (χ0n) is 25.3. The number of amides is 2. The van der Waals surface area contributed by atoms with Crippen molar-refractivity contribution in [1.29, 1.82) is 0 Å². The van der Waals surface area contributed by atoms with Gasteiger partial charge in [-0.25, -0.2) is 18.4 Å². The average molecular weight is 658 g/mol. The molecule has 250 valence electrons. The Kier molecular flexibility index (Phi) is 14.6. The van der Waals surface area contributed by atoms with Crippen molar-refractivity contribution < 1.29 is 52.6 Å². The van der Waals surface area contributed by atoms with E-state index in [9.17, 15) is 48.0 Å². The molecule has 0 aliphatic rings. The van der Waals surface area contributed by atoms with Crippen LogP contribution >= 0.6 is 0 Å². The number of benzene rings is 3. The monoisotopic (exact) mass is 657 g/mol. The van der Waals surface area contributed by atoms with Crippen LogP contribution < -0.4 is 10.6 Å². The lowest BCUT2D eigenvalue weighted by atomic mass is 10.00. The van der Waals surface area contributed by atoms with Crippen LogP contribution in [0.2, 0.25) is 0 Å². The van der Waals surface area contributed by atoms with E-state index in [0.717, 1.165) is 23.8 Å². The number of rotatable bonds is 14. The quantitative estimate of drug-likeness (QED) is 0.0834. The van der Waals surface area contributed by atoms with Gasteiger partial charge in [0.1, 0.15) is 42.5 Å². The van der Waals surface area contributed by atoms with Gasteiger partial charge in [0.05, 0.1) is 4.92 Å². The number of hydrogen-bond donors (Lipinski definition) is 4. The second kappa shape index (κ2) is 18.3. The average Bonchev–Trinajstić information content (AvgIpc) is 3.01. The SMILES string of the molecule is CC(C)C[C@H](NC(=O)OCc1ccc([N+](=O)[O-])cc1)C(=O)N[C@@H](Cc1ccccc1)C(=O)O.O=CC(C(=O)O)c1c(F)cccc1F. The molecule has 47 heavy (non-hydrogen) atoms. The number of nitro groups is 1. The maximum absolute atomic E-state index is 13.0. The lowest BCUT2D eigenvalue weighted by molar-refractivity contribution is -0.384. The number of halogens is 2. The fourth-order valence-electron chi connectivity index (χ4n) is 4.13. The Morgan fingerprint density at radius 1 is 0.851 bits per heavy atom. The molecule has 3 aromatic carbocycles. The van der Waals surface area contributed by atoms with E-state index in [2.05, 4.69) is 10.6 Å². The molecule has 0 aliphatic carbocycles. The van der Waals surface area contributed by atoms with E-state index in [4.69, 9.17) is 9.84 Å². The maximum atomic E-state index is 13.0. The number of hydrogen-bond acceptors (Lipinski definition) is 8. The fraction of sp³-hybridized carbons (Fsp3) is 0.281. The zero-order chi connectivity index (χ0) is 35.1. The van der Waals surface area contributed by atoms with Crippen molar-refractivity contribution in [1.82, 2.24) is 10.6 Å². The van der Waals surface area contributed by atoms with Crippen LogP contribution in [0.3, 0.4) is 0 Å². The van der Waals surface area contributed by atoms with Crippen LogP contribution in [0.1, 0.15) is 42.9 Å². The van der Waals surface area contributed by atoms with Gasteiger partial charge in [0.25, 0.3) is 5.69 Å². The van der Waals surface area contributed by atoms with Gasteiger partial charge < -0.3 is 30.4 Å². The topological polar surface area (TPSA) is 202 Å². The summed E-state index contributed by atoms with van der Waals surface area (Å²) in [5, 5.41) is 33.7. The Hall–Kier alpha value is -5.73. The molecule has 13 nitrogen and oxygen atoms in total. The van der Waals surface area contributed by atoms with Crippen molar-refractivity contribution in [2.24, 2.45) is 5.92 Å². The van der Waals surface area contributed by atoms with E-state index in [0.29, 0.717) is 5.56 Å². The number of carbonyl (C=O) groups is 5. The zero-order valence-corrected chi connectivity index (χ0v) is 25.3. The Morgan fingerprint density at radius 2 is 1.45 bits per heavy atom. The summed E-state index contributed by atoms with van der Waals surface area (Å²) in [6.45, 7) is 3.58. The first kappa shape index (κ1) is 37.5. The highest BCUT2D eigenvalue weighted by atomic mass is 19.1. The Labute approximate surface area is 267 Å². The van der Waals surface area contributed by atoms with Crippen LogP contribution in [-0.2, 0) is 36.9 Å². The molecular formula is C32H33F2N3O10. The van der Waals surface area contributed by atoms with Gasteiger partial charge in [-0.2, -0.15) is 0 Å². The Balaban J connectivity index is 0.000000456. The summed E-state index contributed by atoms with van der Waals surface area (Å²) in [5.41, 5.74) is 0.478. The molecule has 3 atom stereocenters. The maximum Gasteiger partial charge on any atom is 0.408 e. The van der Waals surface area contributed by atoms with Gasteiger partial charge in [-0.1, -0.05) is 50.2 Å². The largest absolute Gasteiger partial charge is 0.480 e. The van der Waals surface area contributed by atoms with E-state index < -0.39 is 64.1 Å². The molecule has 4 N–H and O–H groups in total. The number of nitrogens with zero attached hydrogens (tertiary/aromatic N) is 1. The van der Waals surface area contributed by atoms with E-state index in [-0.39, 0.29) is 37.3 Å². The van der Waals surface area contributed by atoms with E-state index >= 15 is 0 Å². The highest BCUT2D eigenvalue weighted by molar-refractivity contribution is 5.93. The first-order valence-electron chi connectivity index (χ1n) is 14.1. The lowest BCUT2D eigenvalue weighted by Crippen LogP contribution is -2.52. The van der Waals surface area contributed by atoms with Crippen LogP contribution in [-0.4, -0.2) is 57.4 Å². The van der Waals surface area contributed by atoms with Crippen molar-refractivity contribution in [3.8, 4) is 0 Å². The second-order valence-corrected chi connectivity index (χ2v) is 10.5. The normalized spacial score (nSPS) is 12.4. The van der Waals surface area contributed by atoms with Crippen LogP contribution in [0.15, 0.2) is 72.8 Å². The third-order valence-corrected chi connectivity index (χ3v) is 6.44. The minimum absolute atomic E-state index is 0.0101. The first-order valence-corrected chi connectivity index (χ1v) is 14.1. The number of carbonyl (C=O) groups excluding carboxylic acids is 3. The van der Waals surface area contributed by atoms with E-state index in [1.807, 2.05) is 19.9 Å². The third-order valence-electron chi connectivity index (χ3n) is 6.44. The van der Waals surface area contributed by atoms with Crippen molar-refractivity contribution in [2.45, 2.75) is 51.3 Å². The number of nitrogens with one attached hydrogen (secondary N) is 2. The molecule has 0 fully saturated rings. The summed E-state index contributed by atoms with van der Waals surface area (Å²) in [6.07, 6.45) is -0.495. The molecule has 0 spiro atoms. The molecule has 0 heterocycles. The van der Waals surface area contributed by atoms with Gasteiger partial charge in [0.15, 0.2) is 0 Å². The number of aliphatic carboxylic acids is 2. The number of nitro benzene ring substituents is 1. The van der Waals surface area contributed by atoms with E-state index in [1.54, 1.807) is 24.3 Å². The van der Waals surface area contributed by atoms with Crippen molar-refractivity contribution in [3.05, 3.63) is 111 Å². The summed E-state index contributed by atoms with van der Waals surface area (Å²) in [7, 11) is 0. The molecule has 15 heteroatoms. The standard InChI is InChI=1S/C23H27N3O7.C9H6F2O3/c1-15(2)12-19(21(27)24-20(22(28)29)13-16-6-4-3-5-7-16)25-23(30)33-14-17-8-10-18(11-9-17)26(31)32;10-6-2-1-3-7(11)8(6)5(4-12)9(13)14/h3-11,15,19-20H,12-14H2,1-2H3,(H,24,27)(H,25,30)(H,28,29);1-5H,(H,13,14)/t19-,20-;/m0./s1. The number of aldehydes is 1. The molecule has 0 aliphatic heterocycles. The van der Waals surface area contributed by atoms with Gasteiger partial charge in [0.2, 0.25) is 5.91 Å². The molecular weight excluding hydrogens is 624 g/mol. The predicted molar refractivity (Wildman–Crippen MR) is 162 cm³/mol. The number of ether oxygens (including phenoxy) is 1. The highest BCUT2D eigenvalue weighted by Crippen LogP contribution is 2.21. The van der Waals surface area contributed by atoms with Crippen LogP contribution in [0.4, 0.5) is 19.3 Å². The second-order valence-electron chi connectivity index (χ2n) is 10.5. The van der Waals surface area contributed by atoms with Crippen molar-refractivity contribution >= 4 is 35.9 Å². The van der Waals surface area contributed by atoms with Crippen LogP contribution in [0.5, 0.6) is 0 Å². The minimum atomic E-state index is -1.80. The number of non-ortho nitro benzene ring substituents is 1. The van der Waals surface area contributed by atoms with Crippen LogP contribution in [0, 0.1) is 27.7 Å². The summed E-state index contributed by atoms with van der Waals surface area (Å²) >= 11 is 0. The molecule has 0 radical (unpaired) electrons. The third kappa shape index (κ3) is 12.3. The number of carboxylic acids is 2. The summed E-state index contributed by atoms with van der Waals surface area (Å²) in [4.78, 5) is 67.7. The van der Waals surface area contributed by atoms with Crippen LogP contribution in [0.25, 0.3) is 0 Å². The highest BCUT2D eigenvalue weighted by Gasteiger charge is 2.28. The predicted octanol–water partition coefficient (Wildman–Crippen LogP) is 4.38. The molecule has 2 amide bonds. The number of carboxylic acid groups (broad SMARTS) is 2. The summed E-state index contributed by atoms with van der Waals surface area (Å²) < 4.78 is 31.1. The summed E-state index contributed by atoms with van der Waals surface area (Å²) in [6, 6.07) is 15.2. The first-order chi connectivity index (χ1) is 22.2.